The van der Waals surface area contributed by atoms with Crippen molar-refractivity contribution in [3.05, 3.63) is 93.3 Å². The lowest BCUT2D eigenvalue weighted by Crippen LogP contribution is -2.27. The van der Waals surface area contributed by atoms with E-state index < -0.39 is 22.4 Å². The predicted molar refractivity (Wildman–Crippen MR) is 132 cm³/mol. The highest BCUT2D eigenvalue weighted by Crippen LogP contribution is 2.28. The number of thioether (sulfide) groups is 1. The van der Waals surface area contributed by atoms with Gasteiger partial charge in [-0.05, 0) is 63.1 Å². The quantitative estimate of drug-likeness (QED) is 0.294. The lowest BCUT2D eigenvalue weighted by Gasteiger charge is -2.18. The van der Waals surface area contributed by atoms with Crippen molar-refractivity contribution in [2.75, 3.05) is 5.32 Å². The van der Waals surface area contributed by atoms with Gasteiger partial charge >= 0.3 is 0 Å². The molecule has 0 aliphatic heterocycles. The van der Waals surface area contributed by atoms with Gasteiger partial charge in [0.2, 0.25) is 5.91 Å². The van der Waals surface area contributed by atoms with E-state index in [0.29, 0.717) is 17.0 Å². The molecule has 1 heterocycles. The molecule has 1 N–H and O–H groups in total. The van der Waals surface area contributed by atoms with Crippen LogP contribution in [0.15, 0.2) is 64.5 Å². The fourth-order valence-electron chi connectivity index (χ4n) is 3.88. The van der Waals surface area contributed by atoms with Gasteiger partial charge in [-0.25, -0.2) is 13.8 Å². The van der Waals surface area contributed by atoms with E-state index in [0.717, 1.165) is 44.8 Å². The van der Waals surface area contributed by atoms with E-state index in [1.54, 1.807) is 31.2 Å². The zero-order valence-electron chi connectivity index (χ0n) is 19.1. The summed E-state index contributed by atoms with van der Waals surface area (Å²) in [6, 6.07) is 13.7. The van der Waals surface area contributed by atoms with Gasteiger partial charge < -0.3 is 5.32 Å². The van der Waals surface area contributed by atoms with Crippen molar-refractivity contribution in [1.82, 2.24) is 9.55 Å². The molecule has 0 fully saturated rings. The summed E-state index contributed by atoms with van der Waals surface area (Å²) in [6.07, 6.45) is 0. The highest BCUT2D eigenvalue weighted by atomic mass is 32.2. The Morgan fingerprint density at radius 2 is 1.71 bits per heavy atom. The molecule has 0 spiro atoms. The van der Waals surface area contributed by atoms with Crippen LogP contribution < -0.4 is 10.9 Å². The molecular formula is C26H23F2N3O2S. The number of amides is 1. The highest BCUT2D eigenvalue weighted by Gasteiger charge is 2.22. The fraction of sp³-hybridized carbons (Fsp3) is 0.192. The van der Waals surface area contributed by atoms with E-state index in [1.165, 1.54) is 6.07 Å². The predicted octanol–water partition coefficient (Wildman–Crippen LogP) is 5.71. The van der Waals surface area contributed by atoms with E-state index in [9.17, 15) is 18.4 Å². The summed E-state index contributed by atoms with van der Waals surface area (Å²) in [5, 5.41) is 2.72. The molecular weight excluding hydrogens is 456 g/mol. The minimum atomic E-state index is -0.899. The van der Waals surface area contributed by atoms with Gasteiger partial charge in [-0.3, -0.25) is 14.2 Å². The van der Waals surface area contributed by atoms with Crippen LogP contribution >= 0.6 is 11.8 Å². The third-order valence-electron chi connectivity index (χ3n) is 5.47. The zero-order valence-corrected chi connectivity index (χ0v) is 20.0. The Morgan fingerprint density at radius 1 is 1.03 bits per heavy atom. The van der Waals surface area contributed by atoms with Crippen LogP contribution in [-0.2, 0) is 4.79 Å². The number of carbonyl (C=O) groups is 1. The van der Waals surface area contributed by atoms with Gasteiger partial charge in [-0.15, -0.1) is 0 Å². The van der Waals surface area contributed by atoms with Crippen LogP contribution in [0.3, 0.4) is 0 Å². The van der Waals surface area contributed by atoms with Crippen molar-refractivity contribution in [2.45, 2.75) is 38.1 Å². The van der Waals surface area contributed by atoms with Gasteiger partial charge in [0.05, 0.1) is 21.8 Å². The van der Waals surface area contributed by atoms with Gasteiger partial charge in [-0.2, -0.15) is 0 Å². The Morgan fingerprint density at radius 3 is 2.38 bits per heavy atom. The standard InChI is InChI=1S/C26H23F2N3O2S/c1-14-11-15(2)23(16(3)12-14)30-24(32)17(4)34-26-29-21-8-6-5-7-19(21)25(33)31(26)22-10-9-18(27)13-20(22)28/h5-13,17H,1-4H3,(H,30,32). The second kappa shape index (κ2) is 9.38. The number of aryl methyl sites for hydroxylation is 3. The molecule has 174 valence electrons. The van der Waals surface area contributed by atoms with Crippen LogP contribution in [0.2, 0.25) is 0 Å². The van der Waals surface area contributed by atoms with Crippen LogP contribution in [0.25, 0.3) is 16.6 Å². The maximum Gasteiger partial charge on any atom is 0.266 e. The molecule has 0 saturated carbocycles. The lowest BCUT2D eigenvalue weighted by molar-refractivity contribution is -0.115. The van der Waals surface area contributed by atoms with E-state index >= 15 is 0 Å². The number of aromatic nitrogens is 2. The van der Waals surface area contributed by atoms with Crippen molar-refractivity contribution in [3.63, 3.8) is 0 Å². The number of halogens is 2. The Kier molecular flexibility index (Phi) is 6.52. The smallest absolute Gasteiger partial charge is 0.266 e. The van der Waals surface area contributed by atoms with Crippen LogP contribution in [0.5, 0.6) is 0 Å². The fourth-order valence-corrected chi connectivity index (χ4v) is 4.80. The Hall–Kier alpha value is -3.52. The average molecular weight is 480 g/mol. The summed E-state index contributed by atoms with van der Waals surface area (Å²) < 4.78 is 29.3. The third kappa shape index (κ3) is 4.59. The second-order valence-corrected chi connectivity index (χ2v) is 9.48. The first-order valence-corrected chi connectivity index (χ1v) is 11.6. The molecule has 4 aromatic rings. The number of hydrogen-bond acceptors (Lipinski definition) is 4. The average Bonchev–Trinajstić information content (AvgIpc) is 2.77. The van der Waals surface area contributed by atoms with Crippen molar-refractivity contribution >= 4 is 34.3 Å². The maximum atomic E-state index is 14.7. The SMILES string of the molecule is Cc1cc(C)c(NC(=O)C(C)Sc2nc3ccccc3c(=O)n2-c2ccc(F)cc2F)c(C)c1. The Bertz CT molecular complexity index is 1460. The summed E-state index contributed by atoms with van der Waals surface area (Å²) in [6.45, 7) is 7.52. The van der Waals surface area contributed by atoms with Gasteiger partial charge in [-0.1, -0.05) is 41.6 Å². The number of nitrogens with zero attached hydrogens (tertiary/aromatic N) is 2. The topological polar surface area (TPSA) is 64.0 Å². The Labute approximate surface area is 199 Å². The minimum Gasteiger partial charge on any atom is -0.325 e. The zero-order chi connectivity index (χ0) is 24.6. The van der Waals surface area contributed by atoms with Crippen molar-refractivity contribution < 1.29 is 13.6 Å². The van der Waals surface area contributed by atoms with E-state index in [-0.39, 0.29) is 16.8 Å². The molecule has 4 rings (SSSR count). The van der Waals surface area contributed by atoms with Crippen LogP contribution in [0, 0.1) is 32.4 Å². The molecule has 34 heavy (non-hydrogen) atoms. The summed E-state index contributed by atoms with van der Waals surface area (Å²) in [5.41, 5.74) is 3.50. The number of anilines is 1. The molecule has 0 aliphatic rings. The normalized spacial score (nSPS) is 12.1. The molecule has 0 saturated heterocycles. The van der Waals surface area contributed by atoms with Crippen LogP contribution in [-0.4, -0.2) is 20.7 Å². The molecule has 8 heteroatoms. The summed E-state index contributed by atoms with van der Waals surface area (Å²) in [5.74, 6) is -1.94. The van der Waals surface area contributed by atoms with E-state index in [4.69, 9.17) is 0 Å². The van der Waals surface area contributed by atoms with Crippen LogP contribution in [0.1, 0.15) is 23.6 Å². The summed E-state index contributed by atoms with van der Waals surface area (Å²) >= 11 is 1.03. The number of nitrogens with one attached hydrogen (secondary N) is 1. The lowest BCUT2D eigenvalue weighted by atomic mass is 10.1. The molecule has 1 unspecified atom stereocenters. The van der Waals surface area contributed by atoms with Gasteiger partial charge in [0.1, 0.15) is 11.6 Å². The largest absolute Gasteiger partial charge is 0.325 e. The number of fused-ring (bicyclic) bond motifs is 1. The highest BCUT2D eigenvalue weighted by molar-refractivity contribution is 8.00. The number of hydrogen-bond donors (Lipinski definition) is 1. The molecule has 1 aromatic heterocycles. The molecule has 1 atom stereocenters. The molecule has 3 aromatic carbocycles. The van der Waals surface area contributed by atoms with Crippen molar-refractivity contribution in [2.24, 2.45) is 0 Å². The number of carbonyl (C=O) groups excluding carboxylic acids is 1. The van der Waals surface area contributed by atoms with Crippen molar-refractivity contribution in [1.29, 1.82) is 0 Å². The molecule has 1 amide bonds. The van der Waals surface area contributed by atoms with Crippen molar-refractivity contribution in [3.8, 4) is 5.69 Å². The molecule has 5 nitrogen and oxygen atoms in total. The van der Waals surface area contributed by atoms with E-state index in [2.05, 4.69) is 10.3 Å². The third-order valence-corrected chi connectivity index (χ3v) is 6.52. The van der Waals surface area contributed by atoms with Crippen LogP contribution in [0.4, 0.5) is 14.5 Å². The first-order valence-electron chi connectivity index (χ1n) is 10.7. The maximum absolute atomic E-state index is 14.7. The molecule has 0 radical (unpaired) electrons. The van der Waals surface area contributed by atoms with Gasteiger partial charge in [0.15, 0.2) is 5.16 Å². The van der Waals surface area contributed by atoms with E-state index in [1.807, 2.05) is 32.9 Å². The van der Waals surface area contributed by atoms with Gasteiger partial charge in [0.25, 0.3) is 5.56 Å². The summed E-state index contributed by atoms with van der Waals surface area (Å²) in [7, 11) is 0. The number of para-hydroxylation sites is 1. The second-order valence-electron chi connectivity index (χ2n) is 8.17. The number of rotatable bonds is 5. The summed E-state index contributed by atoms with van der Waals surface area (Å²) in [4.78, 5) is 30.9. The monoisotopic (exact) mass is 479 g/mol. The van der Waals surface area contributed by atoms with Gasteiger partial charge in [0, 0.05) is 11.8 Å². The molecule has 0 aliphatic carbocycles. The molecule has 0 bridgehead atoms. The number of benzene rings is 3. The first-order chi connectivity index (χ1) is 16.2. The Balaban J connectivity index is 1.75. The first kappa shape index (κ1) is 23.6. The minimum absolute atomic E-state index is 0.134.